The predicted molar refractivity (Wildman–Crippen MR) is 101 cm³/mol. The second-order valence-corrected chi connectivity index (χ2v) is 6.90. The van der Waals surface area contributed by atoms with E-state index in [2.05, 4.69) is 41.5 Å². The monoisotopic (exact) mass is 333 g/mol. The number of aryl methyl sites for hydroxylation is 2. The second-order valence-electron chi connectivity index (χ2n) is 6.90. The lowest BCUT2D eigenvalue weighted by Gasteiger charge is -2.29. The fraction of sp³-hybridized carbons (Fsp3) is 0.789. The minimum atomic E-state index is 0.559. The van der Waals surface area contributed by atoms with E-state index in [4.69, 9.17) is 0 Å². The summed E-state index contributed by atoms with van der Waals surface area (Å²) in [5.74, 6) is 1.84. The highest BCUT2D eigenvalue weighted by Crippen LogP contribution is 2.26. The van der Waals surface area contributed by atoms with Gasteiger partial charge in [-0.3, -0.25) is 9.67 Å². The third-order valence-electron chi connectivity index (χ3n) is 5.45. The molecule has 0 unspecified atom stereocenters. The highest BCUT2D eigenvalue weighted by atomic mass is 15.3. The Kier molecular flexibility index (Phi) is 7.13. The summed E-state index contributed by atoms with van der Waals surface area (Å²) in [6.07, 6.45) is 8.49. The van der Waals surface area contributed by atoms with E-state index in [1.807, 2.05) is 18.8 Å². The highest BCUT2D eigenvalue weighted by Gasteiger charge is 2.21. The minimum Gasteiger partial charge on any atom is -0.354 e. The molecule has 0 aromatic carbocycles. The van der Waals surface area contributed by atoms with Crippen molar-refractivity contribution in [2.45, 2.75) is 78.3 Å². The minimum absolute atomic E-state index is 0.559. The molecular formula is C19H35N5. The van der Waals surface area contributed by atoms with E-state index in [1.165, 1.54) is 49.1 Å². The number of aliphatic imine (C=N–C) groups is 1. The van der Waals surface area contributed by atoms with Gasteiger partial charge in [0.15, 0.2) is 5.96 Å². The molecular weight excluding hydrogens is 298 g/mol. The fourth-order valence-electron chi connectivity index (χ4n) is 3.87. The molecule has 2 N–H and O–H groups in total. The van der Waals surface area contributed by atoms with Crippen molar-refractivity contribution in [3.05, 3.63) is 17.0 Å². The highest BCUT2D eigenvalue weighted by molar-refractivity contribution is 5.80. The lowest BCUT2D eigenvalue weighted by Crippen LogP contribution is -2.44. The zero-order valence-corrected chi connectivity index (χ0v) is 16.2. The first-order chi connectivity index (χ1) is 11.6. The smallest absolute Gasteiger partial charge is 0.191 e. The largest absolute Gasteiger partial charge is 0.354 e. The van der Waals surface area contributed by atoms with Gasteiger partial charge in [0, 0.05) is 37.9 Å². The first kappa shape index (κ1) is 18.8. The molecule has 1 aromatic rings. The second kappa shape index (κ2) is 9.09. The molecule has 0 saturated heterocycles. The molecule has 5 nitrogen and oxygen atoms in total. The maximum absolute atomic E-state index is 4.65. The fourth-order valence-corrected chi connectivity index (χ4v) is 3.87. The molecule has 2 rings (SSSR count). The Morgan fingerprint density at radius 1 is 1.17 bits per heavy atom. The van der Waals surface area contributed by atoms with Crippen LogP contribution in [0.15, 0.2) is 4.99 Å². The quantitative estimate of drug-likeness (QED) is 0.621. The van der Waals surface area contributed by atoms with Crippen LogP contribution in [0.3, 0.4) is 0 Å². The average Bonchev–Trinajstić information content (AvgIpc) is 2.93. The van der Waals surface area contributed by atoms with Crippen LogP contribution in [-0.4, -0.2) is 28.8 Å². The van der Waals surface area contributed by atoms with Crippen molar-refractivity contribution in [3.63, 3.8) is 0 Å². The van der Waals surface area contributed by atoms with E-state index in [-0.39, 0.29) is 0 Å². The lowest BCUT2D eigenvalue weighted by atomic mass is 9.84. The molecule has 0 amide bonds. The Labute approximate surface area is 147 Å². The van der Waals surface area contributed by atoms with E-state index in [0.717, 1.165) is 31.3 Å². The van der Waals surface area contributed by atoms with Crippen LogP contribution in [0.1, 0.15) is 69.8 Å². The number of nitrogens with zero attached hydrogens (tertiary/aromatic N) is 3. The van der Waals surface area contributed by atoms with Crippen molar-refractivity contribution in [2.24, 2.45) is 18.0 Å². The summed E-state index contributed by atoms with van der Waals surface area (Å²) in [5.41, 5.74) is 3.85. The molecule has 136 valence electrons. The summed E-state index contributed by atoms with van der Waals surface area (Å²) in [5, 5.41) is 11.8. The Bertz CT molecular complexity index is 538. The van der Waals surface area contributed by atoms with Crippen molar-refractivity contribution in [2.75, 3.05) is 7.05 Å². The molecule has 0 aliphatic heterocycles. The van der Waals surface area contributed by atoms with Gasteiger partial charge in [-0.15, -0.1) is 0 Å². The topological polar surface area (TPSA) is 54.2 Å². The molecule has 0 spiro atoms. The molecule has 0 radical (unpaired) electrons. The average molecular weight is 334 g/mol. The number of guanidine groups is 1. The molecule has 1 aliphatic carbocycles. The predicted octanol–water partition coefficient (Wildman–Crippen LogP) is 3.18. The number of aromatic nitrogens is 2. The number of hydrogen-bond acceptors (Lipinski definition) is 2. The van der Waals surface area contributed by atoms with Gasteiger partial charge in [0.05, 0.1) is 5.69 Å². The summed E-state index contributed by atoms with van der Waals surface area (Å²) < 4.78 is 2.03. The maximum atomic E-state index is 4.65. The summed E-state index contributed by atoms with van der Waals surface area (Å²) in [7, 11) is 3.90. The van der Waals surface area contributed by atoms with Crippen LogP contribution in [-0.2, 0) is 26.4 Å². The maximum Gasteiger partial charge on any atom is 0.191 e. The van der Waals surface area contributed by atoms with Gasteiger partial charge in [-0.1, -0.05) is 27.2 Å². The van der Waals surface area contributed by atoms with E-state index in [9.17, 15) is 0 Å². The molecule has 1 fully saturated rings. The van der Waals surface area contributed by atoms with Gasteiger partial charge in [-0.05, 0) is 44.4 Å². The zero-order chi connectivity index (χ0) is 17.5. The van der Waals surface area contributed by atoms with Gasteiger partial charge >= 0.3 is 0 Å². The van der Waals surface area contributed by atoms with Gasteiger partial charge in [0.2, 0.25) is 0 Å². The molecule has 1 aliphatic rings. The zero-order valence-electron chi connectivity index (χ0n) is 16.2. The van der Waals surface area contributed by atoms with E-state index in [0.29, 0.717) is 6.04 Å². The number of rotatable bonds is 6. The van der Waals surface area contributed by atoms with Crippen molar-refractivity contribution < 1.29 is 0 Å². The van der Waals surface area contributed by atoms with Gasteiger partial charge in [0.25, 0.3) is 0 Å². The van der Waals surface area contributed by atoms with Crippen LogP contribution < -0.4 is 10.6 Å². The van der Waals surface area contributed by atoms with Crippen LogP contribution >= 0.6 is 0 Å². The molecule has 24 heavy (non-hydrogen) atoms. The van der Waals surface area contributed by atoms with Crippen molar-refractivity contribution >= 4 is 5.96 Å². The van der Waals surface area contributed by atoms with E-state index in [1.54, 1.807) is 0 Å². The summed E-state index contributed by atoms with van der Waals surface area (Å²) in [4.78, 5) is 4.42. The van der Waals surface area contributed by atoms with Crippen LogP contribution in [0.25, 0.3) is 0 Å². The molecule has 1 heterocycles. The first-order valence-electron chi connectivity index (χ1n) is 9.63. The Balaban J connectivity index is 1.93. The number of nitrogens with one attached hydrogen (secondary N) is 2. The first-order valence-corrected chi connectivity index (χ1v) is 9.63. The molecule has 1 aromatic heterocycles. The lowest BCUT2D eigenvalue weighted by molar-refractivity contribution is 0.304. The van der Waals surface area contributed by atoms with E-state index >= 15 is 0 Å². The molecule has 0 bridgehead atoms. The summed E-state index contributed by atoms with van der Waals surface area (Å²) in [6, 6.07) is 0.559. The third-order valence-corrected chi connectivity index (χ3v) is 5.45. The van der Waals surface area contributed by atoms with E-state index < -0.39 is 0 Å². The molecule has 5 heteroatoms. The molecule has 1 saturated carbocycles. The van der Waals surface area contributed by atoms with Gasteiger partial charge in [0.1, 0.15) is 0 Å². The Hall–Kier alpha value is -1.52. The summed E-state index contributed by atoms with van der Waals surface area (Å²) >= 11 is 0. The van der Waals surface area contributed by atoms with Crippen LogP contribution in [0, 0.1) is 5.92 Å². The Morgan fingerprint density at radius 3 is 2.42 bits per heavy atom. The van der Waals surface area contributed by atoms with Gasteiger partial charge < -0.3 is 10.6 Å². The normalized spacial score (nSPS) is 21.8. The van der Waals surface area contributed by atoms with Gasteiger partial charge in [-0.2, -0.15) is 5.10 Å². The SMILES string of the molecule is CCc1nn(C)c(CC)c1CNC(=NC)NC1CCC(CC)CC1. The standard InChI is InChI=1S/C19H35N5/c1-6-14-9-11-15(12-10-14)22-19(20-4)21-13-16-17(7-2)23-24(5)18(16)8-3/h14-15H,6-13H2,1-5H3,(H2,20,21,22). The molecule has 0 atom stereocenters. The van der Waals surface area contributed by atoms with Crippen molar-refractivity contribution in [1.29, 1.82) is 0 Å². The summed E-state index contributed by atoms with van der Waals surface area (Å²) in [6.45, 7) is 7.47. The van der Waals surface area contributed by atoms with Crippen LogP contribution in [0.2, 0.25) is 0 Å². The third kappa shape index (κ3) is 4.52. The van der Waals surface area contributed by atoms with Crippen molar-refractivity contribution in [1.82, 2.24) is 20.4 Å². The van der Waals surface area contributed by atoms with Crippen LogP contribution in [0.4, 0.5) is 0 Å². The van der Waals surface area contributed by atoms with Crippen LogP contribution in [0.5, 0.6) is 0 Å². The number of hydrogen-bond donors (Lipinski definition) is 2. The van der Waals surface area contributed by atoms with Crippen molar-refractivity contribution in [3.8, 4) is 0 Å². The van der Waals surface area contributed by atoms with Gasteiger partial charge in [-0.25, -0.2) is 0 Å². The Morgan fingerprint density at radius 2 is 1.88 bits per heavy atom.